The highest BCUT2D eigenvalue weighted by atomic mass is 79.9. The van der Waals surface area contributed by atoms with Crippen LogP contribution < -0.4 is 0 Å². The van der Waals surface area contributed by atoms with E-state index in [1.807, 2.05) is 6.07 Å². The van der Waals surface area contributed by atoms with Gasteiger partial charge >= 0.3 is 5.97 Å². The van der Waals surface area contributed by atoms with Gasteiger partial charge in [0.05, 0.1) is 18.6 Å². The van der Waals surface area contributed by atoms with Gasteiger partial charge in [0.15, 0.2) is 0 Å². The molecule has 1 rings (SSSR count). The minimum absolute atomic E-state index is 0.234. The molecule has 0 aliphatic rings. The molecule has 0 aliphatic carbocycles. The molecule has 0 aromatic heterocycles. The zero-order valence-corrected chi connectivity index (χ0v) is 9.35. The number of ether oxygens (including phenoxy) is 1. The Labute approximate surface area is 90.0 Å². The minimum atomic E-state index is -0.275. The van der Waals surface area contributed by atoms with E-state index in [9.17, 15) is 4.79 Å². The maximum absolute atomic E-state index is 11.0. The van der Waals surface area contributed by atoms with Crippen LogP contribution in [-0.4, -0.2) is 13.1 Å². The van der Waals surface area contributed by atoms with Crippen molar-refractivity contribution in [3.63, 3.8) is 0 Å². The van der Waals surface area contributed by atoms with Crippen molar-refractivity contribution < 1.29 is 9.53 Å². The summed E-state index contributed by atoms with van der Waals surface area (Å²) < 4.78 is 5.30. The summed E-state index contributed by atoms with van der Waals surface area (Å²) in [4.78, 5) is 11.0. The summed E-state index contributed by atoms with van der Waals surface area (Å²) in [5.41, 5.74) is 0.833. The third-order valence-corrected chi connectivity index (χ3v) is 3.07. The minimum Gasteiger partial charge on any atom is -0.469 e. The summed E-state index contributed by atoms with van der Waals surface area (Å²) in [5, 5.41) is 0.599. The van der Waals surface area contributed by atoms with Crippen LogP contribution in [0.4, 0.5) is 0 Å². The number of hydrogen-bond donors (Lipinski definition) is 0. The first-order valence-electron chi connectivity index (χ1n) is 3.65. The zero-order valence-electron chi connectivity index (χ0n) is 7.01. The molecule has 0 spiro atoms. The average Bonchev–Trinajstić information content (AvgIpc) is 2.13. The zero-order chi connectivity index (χ0) is 9.84. The number of methoxy groups -OCH3 is 1. The average molecular weight is 264 g/mol. The predicted molar refractivity (Wildman–Crippen MR) is 54.9 cm³/mol. The van der Waals surface area contributed by atoms with Gasteiger partial charge in [0.1, 0.15) is 0 Å². The Bertz CT molecular complexity index is 325. The van der Waals surface area contributed by atoms with Crippen LogP contribution in [0.2, 0.25) is 5.02 Å². The van der Waals surface area contributed by atoms with Gasteiger partial charge in [-0.1, -0.05) is 23.7 Å². The van der Waals surface area contributed by atoms with Crippen molar-refractivity contribution in [2.24, 2.45) is 0 Å². The van der Waals surface area contributed by atoms with E-state index in [0.717, 1.165) is 10.0 Å². The van der Waals surface area contributed by atoms with Gasteiger partial charge in [-0.05, 0) is 27.6 Å². The van der Waals surface area contributed by atoms with Crippen LogP contribution in [0.15, 0.2) is 22.7 Å². The van der Waals surface area contributed by atoms with Crippen molar-refractivity contribution in [3.8, 4) is 0 Å². The quantitative estimate of drug-likeness (QED) is 0.767. The molecular weight excluding hydrogens is 255 g/mol. The molecule has 4 heteroatoms. The lowest BCUT2D eigenvalue weighted by Gasteiger charge is -2.03. The summed E-state index contributed by atoms with van der Waals surface area (Å²) >= 11 is 9.14. The van der Waals surface area contributed by atoms with E-state index in [4.69, 9.17) is 11.6 Å². The molecule has 0 saturated carbocycles. The maximum atomic E-state index is 11.0. The van der Waals surface area contributed by atoms with Crippen LogP contribution in [0.1, 0.15) is 5.56 Å². The first-order chi connectivity index (χ1) is 6.15. The number of carbonyl (C=O) groups is 1. The maximum Gasteiger partial charge on any atom is 0.310 e. The largest absolute Gasteiger partial charge is 0.469 e. The number of esters is 1. The van der Waals surface area contributed by atoms with Crippen molar-refractivity contribution in [1.82, 2.24) is 0 Å². The molecule has 0 radical (unpaired) electrons. The molecule has 1 aromatic carbocycles. The Balaban J connectivity index is 2.89. The van der Waals surface area contributed by atoms with E-state index in [1.165, 1.54) is 7.11 Å². The summed E-state index contributed by atoms with van der Waals surface area (Å²) in [6.45, 7) is 0. The van der Waals surface area contributed by atoms with Crippen molar-refractivity contribution in [3.05, 3.63) is 33.3 Å². The van der Waals surface area contributed by atoms with E-state index in [2.05, 4.69) is 20.7 Å². The third-order valence-electron chi connectivity index (χ3n) is 1.59. The molecule has 0 atom stereocenters. The highest BCUT2D eigenvalue weighted by Gasteiger charge is 2.08. The molecule has 0 saturated heterocycles. The van der Waals surface area contributed by atoms with Gasteiger partial charge in [-0.15, -0.1) is 0 Å². The Kier molecular flexibility index (Phi) is 3.75. The Morgan fingerprint density at radius 3 is 2.92 bits per heavy atom. The van der Waals surface area contributed by atoms with Crippen molar-refractivity contribution >= 4 is 33.5 Å². The van der Waals surface area contributed by atoms with Crippen molar-refractivity contribution in [2.45, 2.75) is 6.42 Å². The summed E-state index contributed by atoms with van der Waals surface area (Å²) in [7, 11) is 1.36. The lowest BCUT2D eigenvalue weighted by atomic mass is 10.1. The van der Waals surface area contributed by atoms with Crippen LogP contribution in [0.3, 0.4) is 0 Å². The van der Waals surface area contributed by atoms with E-state index < -0.39 is 0 Å². The lowest BCUT2D eigenvalue weighted by molar-refractivity contribution is -0.139. The Morgan fingerprint density at radius 2 is 2.31 bits per heavy atom. The van der Waals surface area contributed by atoms with E-state index >= 15 is 0 Å². The number of carbonyl (C=O) groups excluding carboxylic acids is 1. The van der Waals surface area contributed by atoms with Gasteiger partial charge in [-0.2, -0.15) is 0 Å². The first kappa shape index (κ1) is 10.5. The second-order valence-corrected chi connectivity index (χ2v) is 3.67. The van der Waals surface area contributed by atoms with Gasteiger partial charge < -0.3 is 4.74 Å². The number of rotatable bonds is 2. The SMILES string of the molecule is COC(=O)Cc1cccc(Cl)c1Br. The fourth-order valence-corrected chi connectivity index (χ4v) is 1.51. The molecule has 0 fully saturated rings. The van der Waals surface area contributed by atoms with Crippen LogP contribution in [0, 0.1) is 0 Å². The fourth-order valence-electron chi connectivity index (χ4n) is 0.913. The molecular formula is C9H8BrClO2. The fraction of sp³-hybridized carbons (Fsp3) is 0.222. The van der Waals surface area contributed by atoms with Crippen LogP contribution >= 0.6 is 27.5 Å². The summed E-state index contributed by atoms with van der Waals surface area (Å²) in [6, 6.07) is 5.38. The number of hydrogen-bond acceptors (Lipinski definition) is 2. The standard InChI is InChI=1S/C9H8BrClO2/c1-13-8(12)5-6-3-2-4-7(11)9(6)10/h2-4H,5H2,1H3. The summed E-state index contributed by atoms with van der Waals surface area (Å²) in [5.74, 6) is -0.275. The molecule has 0 amide bonds. The monoisotopic (exact) mass is 262 g/mol. The molecule has 0 heterocycles. The second-order valence-electron chi connectivity index (χ2n) is 2.47. The van der Waals surface area contributed by atoms with E-state index in [0.29, 0.717) is 5.02 Å². The molecule has 2 nitrogen and oxygen atoms in total. The molecule has 0 aliphatic heterocycles. The van der Waals surface area contributed by atoms with Crippen LogP contribution in [-0.2, 0) is 16.0 Å². The lowest BCUT2D eigenvalue weighted by Crippen LogP contribution is -2.04. The number of halogens is 2. The van der Waals surface area contributed by atoms with Gasteiger partial charge in [-0.25, -0.2) is 0 Å². The van der Waals surface area contributed by atoms with Gasteiger partial charge in [-0.3, -0.25) is 4.79 Å². The molecule has 1 aromatic rings. The predicted octanol–water partition coefficient (Wildman–Crippen LogP) is 2.82. The van der Waals surface area contributed by atoms with Crippen LogP contribution in [0.5, 0.6) is 0 Å². The smallest absolute Gasteiger partial charge is 0.310 e. The third kappa shape index (κ3) is 2.71. The molecule has 70 valence electrons. The van der Waals surface area contributed by atoms with Crippen molar-refractivity contribution in [2.75, 3.05) is 7.11 Å². The first-order valence-corrected chi connectivity index (χ1v) is 4.82. The second kappa shape index (κ2) is 4.63. The molecule has 0 N–H and O–H groups in total. The molecule has 13 heavy (non-hydrogen) atoms. The van der Waals surface area contributed by atoms with Gasteiger partial charge in [0.25, 0.3) is 0 Å². The normalized spacial score (nSPS) is 9.77. The van der Waals surface area contributed by atoms with Gasteiger partial charge in [0.2, 0.25) is 0 Å². The topological polar surface area (TPSA) is 26.3 Å². The van der Waals surface area contributed by atoms with Gasteiger partial charge in [0, 0.05) is 4.47 Å². The highest BCUT2D eigenvalue weighted by Crippen LogP contribution is 2.26. The van der Waals surface area contributed by atoms with Crippen molar-refractivity contribution in [1.29, 1.82) is 0 Å². The number of benzene rings is 1. The molecule has 0 bridgehead atoms. The van der Waals surface area contributed by atoms with E-state index in [1.54, 1.807) is 12.1 Å². The Hall–Kier alpha value is -0.540. The highest BCUT2D eigenvalue weighted by molar-refractivity contribution is 9.10. The Morgan fingerprint density at radius 1 is 1.62 bits per heavy atom. The molecule has 0 unspecified atom stereocenters. The van der Waals surface area contributed by atoms with E-state index in [-0.39, 0.29) is 12.4 Å². The van der Waals surface area contributed by atoms with Crippen LogP contribution in [0.25, 0.3) is 0 Å². The summed E-state index contributed by atoms with van der Waals surface area (Å²) in [6.07, 6.45) is 0.234.